The standard InChI is InChI=1S/C13H15BrClN3/c1-3-16-7-10-6-11(14)4-5-13(10)18-8-12(15)9(2)17-18/h4-6,8,16H,3,7H2,1-2H3. The van der Waals surface area contributed by atoms with Crippen LogP contribution in [0.2, 0.25) is 5.02 Å². The summed E-state index contributed by atoms with van der Waals surface area (Å²) >= 11 is 9.56. The van der Waals surface area contributed by atoms with E-state index in [-0.39, 0.29) is 0 Å². The molecule has 1 heterocycles. The van der Waals surface area contributed by atoms with Crippen LogP contribution in [0.1, 0.15) is 18.2 Å². The first-order valence-corrected chi connectivity index (χ1v) is 7.00. The molecule has 0 aliphatic heterocycles. The van der Waals surface area contributed by atoms with Gasteiger partial charge in [0.25, 0.3) is 0 Å². The van der Waals surface area contributed by atoms with Gasteiger partial charge in [0.05, 0.1) is 16.4 Å². The molecule has 18 heavy (non-hydrogen) atoms. The van der Waals surface area contributed by atoms with E-state index in [9.17, 15) is 0 Å². The van der Waals surface area contributed by atoms with Gasteiger partial charge in [-0.25, -0.2) is 4.68 Å². The number of rotatable bonds is 4. The van der Waals surface area contributed by atoms with Crippen molar-refractivity contribution in [2.75, 3.05) is 6.54 Å². The highest BCUT2D eigenvalue weighted by Crippen LogP contribution is 2.22. The Morgan fingerprint density at radius 2 is 2.22 bits per heavy atom. The third-order valence-corrected chi connectivity index (χ3v) is 3.56. The molecule has 0 spiro atoms. The van der Waals surface area contributed by atoms with Gasteiger partial charge in [0.1, 0.15) is 0 Å². The summed E-state index contributed by atoms with van der Waals surface area (Å²) < 4.78 is 2.89. The minimum atomic E-state index is 0.687. The first kappa shape index (κ1) is 13.6. The zero-order valence-corrected chi connectivity index (χ0v) is 12.7. The molecule has 1 aromatic carbocycles. The summed E-state index contributed by atoms with van der Waals surface area (Å²) in [6.45, 7) is 5.74. The molecule has 1 N–H and O–H groups in total. The topological polar surface area (TPSA) is 29.9 Å². The number of nitrogens with zero attached hydrogens (tertiary/aromatic N) is 2. The van der Waals surface area contributed by atoms with E-state index >= 15 is 0 Å². The molecule has 0 bridgehead atoms. The predicted molar refractivity (Wildman–Crippen MR) is 78.4 cm³/mol. The van der Waals surface area contributed by atoms with E-state index in [1.165, 1.54) is 5.56 Å². The number of halogens is 2. The van der Waals surface area contributed by atoms with Crippen molar-refractivity contribution in [1.29, 1.82) is 0 Å². The van der Waals surface area contributed by atoms with Crippen LogP contribution in [0.25, 0.3) is 5.69 Å². The van der Waals surface area contributed by atoms with Gasteiger partial charge in [-0.1, -0.05) is 34.5 Å². The van der Waals surface area contributed by atoms with Crippen molar-refractivity contribution in [2.24, 2.45) is 0 Å². The van der Waals surface area contributed by atoms with Crippen molar-refractivity contribution in [3.05, 3.63) is 45.1 Å². The van der Waals surface area contributed by atoms with Crippen molar-refractivity contribution in [2.45, 2.75) is 20.4 Å². The quantitative estimate of drug-likeness (QED) is 0.927. The highest BCUT2D eigenvalue weighted by molar-refractivity contribution is 9.10. The maximum absolute atomic E-state index is 6.06. The van der Waals surface area contributed by atoms with Crippen LogP contribution in [0.15, 0.2) is 28.9 Å². The molecule has 0 amide bonds. The fourth-order valence-electron chi connectivity index (χ4n) is 1.74. The van der Waals surface area contributed by atoms with E-state index in [1.54, 1.807) is 0 Å². The normalized spacial score (nSPS) is 10.9. The van der Waals surface area contributed by atoms with E-state index in [4.69, 9.17) is 11.6 Å². The summed E-state index contributed by atoms with van der Waals surface area (Å²) in [7, 11) is 0. The van der Waals surface area contributed by atoms with Gasteiger partial charge in [0, 0.05) is 17.2 Å². The zero-order chi connectivity index (χ0) is 13.1. The Morgan fingerprint density at radius 3 is 2.83 bits per heavy atom. The van der Waals surface area contributed by atoms with Crippen LogP contribution in [0.3, 0.4) is 0 Å². The second kappa shape index (κ2) is 5.87. The molecule has 0 radical (unpaired) electrons. The van der Waals surface area contributed by atoms with Crippen molar-refractivity contribution in [3.63, 3.8) is 0 Å². The Bertz CT molecular complexity index is 532. The fraction of sp³-hybridized carbons (Fsp3) is 0.308. The molecule has 2 aromatic rings. The molecule has 0 saturated heterocycles. The smallest absolute Gasteiger partial charge is 0.0819 e. The molecule has 1 aromatic heterocycles. The summed E-state index contributed by atoms with van der Waals surface area (Å²) in [6.07, 6.45) is 1.84. The Labute approximate surface area is 120 Å². The number of aryl methyl sites for hydroxylation is 1. The number of benzene rings is 1. The van der Waals surface area contributed by atoms with Crippen LogP contribution in [-0.2, 0) is 6.54 Å². The van der Waals surface area contributed by atoms with Crippen LogP contribution < -0.4 is 5.32 Å². The molecule has 0 aliphatic rings. The summed E-state index contributed by atoms with van der Waals surface area (Å²) in [5, 5.41) is 8.44. The number of hydrogen-bond donors (Lipinski definition) is 1. The first-order chi connectivity index (χ1) is 8.61. The van der Waals surface area contributed by atoms with Crippen molar-refractivity contribution in [3.8, 4) is 5.69 Å². The molecule has 0 aliphatic carbocycles. The second-order valence-electron chi connectivity index (χ2n) is 4.06. The predicted octanol–water partition coefficient (Wildman–Crippen LogP) is 3.71. The van der Waals surface area contributed by atoms with Gasteiger partial charge in [0.15, 0.2) is 0 Å². The third-order valence-electron chi connectivity index (χ3n) is 2.69. The Hall–Kier alpha value is -0.840. The highest BCUT2D eigenvalue weighted by atomic mass is 79.9. The third kappa shape index (κ3) is 2.94. The number of hydrogen-bond acceptors (Lipinski definition) is 2. The van der Waals surface area contributed by atoms with Crippen LogP contribution in [0.4, 0.5) is 0 Å². The largest absolute Gasteiger partial charge is 0.313 e. The minimum Gasteiger partial charge on any atom is -0.313 e. The number of nitrogens with one attached hydrogen (secondary N) is 1. The molecular formula is C13H15BrClN3. The van der Waals surface area contributed by atoms with E-state index in [2.05, 4.69) is 39.3 Å². The summed E-state index contributed by atoms with van der Waals surface area (Å²) in [4.78, 5) is 0. The Balaban J connectivity index is 2.42. The fourth-order valence-corrected chi connectivity index (χ4v) is 2.28. The average molecular weight is 329 g/mol. The summed E-state index contributed by atoms with van der Waals surface area (Å²) in [6, 6.07) is 6.15. The van der Waals surface area contributed by atoms with Gasteiger partial charge < -0.3 is 5.32 Å². The van der Waals surface area contributed by atoms with Crippen LogP contribution in [0, 0.1) is 6.92 Å². The summed E-state index contributed by atoms with van der Waals surface area (Å²) in [5.74, 6) is 0. The van der Waals surface area contributed by atoms with E-state index in [1.807, 2.05) is 29.9 Å². The van der Waals surface area contributed by atoms with Crippen LogP contribution >= 0.6 is 27.5 Å². The molecular weight excluding hydrogens is 314 g/mol. The molecule has 2 rings (SSSR count). The summed E-state index contributed by atoms with van der Waals surface area (Å²) in [5.41, 5.74) is 3.08. The van der Waals surface area contributed by atoms with Crippen molar-refractivity contribution >= 4 is 27.5 Å². The molecule has 3 nitrogen and oxygen atoms in total. The lowest BCUT2D eigenvalue weighted by Gasteiger charge is -2.10. The van der Waals surface area contributed by atoms with Gasteiger partial charge in [-0.3, -0.25) is 0 Å². The van der Waals surface area contributed by atoms with Crippen molar-refractivity contribution in [1.82, 2.24) is 15.1 Å². The van der Waals surface area contributed by atoms with E-state index < -0.39 is 0 Å². The Morgan fingerprint density at radius 1 is 1.44 bits per heavy atom. The molecule has 0 atom stereocenters. The monoisotopic (exact) mass is 327 g/mol. The molecule has 0 saturated carbocycles. The molecule has 0 fully saturated rings. The maximum Gasteiger partial charge on any atom is 0.0819 e. The van der Waals surface area contributed by atoms with Gasteiger partial charge in [0.2, 0.25) is 0 Å². The second-order valence-corrected chi connectivity index (χ2v) is 5.38. The van der Waals surface area contributed by atoms with E-state index in [0.717, 1.165) is 28.9 Å². The van der Waals surface area contributed by atoms with Gasteiger partial charge >= 0.3 is 0 Å². The lowest BCUT2D eigenvalue weighted by Crippen LogP contribution is -2.14. The molecule has 96 valence electrons. The molecule has 5 heteroatoms. The minimum absolute atomic E-state index is 0.687. The van der Waals surface area contributed by atoms with Gasteiger partial charge in [-0.15, -0.1) is 0 Å². The lowest BCUT2D eigenvalue weighted by atomic mass is 10.2. The Kier molecular flexibility index (Phi) is 4.43. The molecule has 0 unspecified atom stereocenters. The van der Waals surface area contributed by atoms with Gasteiger partial charge in [-0.2, -0.15) is 5.10 Å². The zero-order valence-electron chi connectivity index (χ0n) is 10.4. The highest BCUT2D eigenvalue weighted by Gasteiger charge is 2.08. The maximum atomic E-state index is 6.06. The lowest BCUT2D eigenvalue weighted by molar-refractivity contribution is 0.716. The van der Waals surface area contributed by atoms with Crippen LogP contribution in [-0.4, -0.2) is 16.3 Å². The SMILES string of the molecule is CCNCc1cc(Br)ccc1-n1cc(Cl)c(C)n1. The van der Waals surface area contributed by atoms with Crippen molar-refractivity contribution < 1.29 is 0 Å². The first-order valence-electron chi connectivity index (χ1n) is 5.83. The van der Waals surface area contributed by atoms with E-state index in [0.29, 0.717) is 5.02 Å². The van der Waals surface area contributed by atoms with Gasteiger partial charge in [-0.05, 0) is 37.2 Å². The van der Waals surface area contributed by atoms with Crippen LogP contribution in [0.5, 0.6) is 0 Å². The average Bonchev–Trinajstić information content (AvgIpc) is 2.67. The number of aromatic nitrogens is 2.